The summed E-state index contributed by atoms with van der Waals surface area (Å²) in [7, 11) is 0. The van der Waals surface area contributed by atoms with Crippen molar-refractivity contribution in [3.8, 4) is 5.13 Å². The minimum absolute atomic E-state index is 0.161. The number of thiocarbonyl (C=S) groups is 1. The zero-order chi connectivity index (χ0) is 25.2. The number of thiazole rings is 1. The van der Waals surface area contributed by atoms with E-state index < -0.39 is 0 Å². The predicted octanol–water partition coefficient (Wildman–Crippen LogP) is 5.09. The van der Waals surface area contributed by atoms with Crippen molar-refractivity contribution in [3.63, 3.8) is 0 Å². The number of rotatable bonds is 7. The van der Waals surface area contributed by atoms with Crippen LogP contribution in [0.1, 0.15) is 41.1 Å². The molecule has 0 radical (unpaired) electrons. The van der Waals surface area contributed by atoms with Crippen LogP contribution >= 0.6 is 23.6 Å². The van der Waals surface area contributed by atoms with Crippen molar-refractivity contribution >= 4 is 40.3 Å². The maximum Gasteiger partial charge on any atom is 0.226 e. The quantitative estimate of drug-likeness (QED) is 0.331. The van der Waals surface area contributed by atoms with E-state index >= 15 is 0 Å². The lowest BCUT2D eigenvalue weighted by molar-refractivity contribution is -0.116. The molecule has 1 aliphatic rings. The molecule has 4 aromatic rings. The van der Waals surface area contributed by atoms with Gasteiger partial charge < -0.3 is 15.5 Å². The lowest BCUT2D eigenvalue weighted by Gasteiger charge is -2.28. The summed E-state index contributed by atoms with van der Waals surface area (Å²) in [5.74, 6) is -0.516. The molecule has 1 fully saturated rings. The Morgan fingerprint density at radius 3 is 2.67 bits per heavy atom. The van der Waals surface area contributed by atoms with Crippen LogP contribution in [0.4, 0.5) is 10.1 Å². The fraction of sp³-hybridized carbons (Fsp3) is 0.231. The van der Waals surface area contributed by atoms with Crippen LogP contribution in [-0.2, 0) is 4.79 Å². The van der Waals surface area contributed by atoms with Crippen molar-refractivity contribution in [2.75, 3.05) is 11.9 Å². The largest absolute Gasteiger partial charge is 0.352 e. The molecule has 1 amide bonds. The number of anilines is 1. The van der Waals surface area contributed by atoms with Crippen molar-refractivity contribution in [1.29, 1.82) is 0 Å². The monoisotopic (exact) mass is 520 g/mol. The lowest BCUT2D eigenvalue weighted by Crippen LogP contribution is -2.32. The Balaban J connectivity index is 1.44. The van der Waals surface area contributed by atoms with E-state index in [2.05, 4.69) is 50.0 Å². The van der Waals surface area contributed by atoms with Gasteiger partial charge in [0.1, 0.15) is 5.82 Å². The topological polar surface area (TPSA) is 75.1 Å². The number of carbonyl (C=O) groups excluding carboxylic acids is 1. The highest BCUT2D eigenvalue weighted by Gasteiger charge is 2.41. The summed E-state index contributed by atoms with van der Waals surface area (Å²) in [5, 5.41) is 9.71. The first-order valence-electron chi connectivity index (χ1n) is 11.5. The summed E-state index contributed by atoms with van der Waals surface area (Å²) in [4.78, 5) is 23.9. The van der Waals surface area contributed by atoms with Gasteiger partial charge in [0, 0.05) is 47.8 Å². The summed E-state index contributed by atoms with van der Waals surface area (Å²) in [5.41, 5.74) is 4.68. The summed E-state index contributed by atoms with van der Waals surface area (Å²) >= 11 is 7.33. The van der Waals surface area contributed by atoms with Crippen LogP contribution in [0.15, 0.2) is 66.3 Å². The minimum Gasteiger partial charge on any atom is -0.352 e. The number of benzene rings is 1. The van der Waals surface area contributed by atoms with Crippen molar-refractivity contribution in [2.45, 2.75) is 32.4 Å². The Morgan fingerprint density at radius 1 is 1.17 bits per heavy atom. The molecule has 0 bridgehead atoms. The molecule has 4 heterocycles. The van der Waals surface area contributed by atoms with Gasteiger partial charge in [0.25, 0.3) is 0 Å². The van der Waals surface area contributed by atoms with Crippen LogP contribution in [0.5, 0.6) is 0 Å². The second-order valence-corrected chi connectivity index (χ2v) is 9.86. The number of nitrogens with one attached hydrogen (secondary N) is 2. The molecule has 0 saturated carbocycles. The van der Waals surface area contributed by atoms with Crippen LogP contribution in [0.25, 0.3) is 5.13 Å². The zero-order valence-corrected chi connectivity index (χ0v) is 21.4. The van der Waals surface area contributed by atoms with Crippen LogP contribution in [0, 0.1) is 19.7 Å². The van der Waals surface area contributed by atoms with Gasteiger partial charge in [-0.05, 0) is 74.1 Å². The molecule has 7 nitrogen and oxygen atoms in total. The van der Waals surface area contributed by atoms with Gasteiger partial charge in [-0.3, -0.25) is 14.3 Å². The smallest absolute Gasteiger partial charge is 0.226 e. The highest BCUT2D eigenvalue weighted by Crippen LogP contribution is 2.41. The van der Waals surface area contributed by atoms with Crippen LogP contribution in [0.2, 0.25) is 0 Å². The molecule has 3 aromatic heterocycles. The van der Waals surface area contributed by atoms with E-state index in [0.717, 1.165) is 27.8 Å². The van der Waals surface area contributed by atoms with E-state index in [9.17, 15) is 9.18 Å². The first kappa shape index (κ1) is 24.1. The van der Waals surface area contributed by atoms with Crippen LogP contribution in [0.3, 0.4) is 0 Å². The van der Waals surface area contributed by atoms with Gasteiger partial charge in [-0.2, -0.15) is 0 Å². The molecule has 1 aromatic carbocycles. The SMILES string of the molecule is Cc1cc([C@@H]2[C@@H](c3ccccn3)NC(=S)N2CCC(=O)Nc2ccc(F)cc2)c(C)n1-c1nccs1. The third-order valence-corrected chi connectivity index (χ3v) is 7.41. The number of pyridine rings is 1. The number of amides is 1. The number of hydrogen-bond acceptors (Lipinski definition) is 5. The average Bonchev–Trinajstić information content (AvgIpc) is 3.58. The molecular weight excluding hydrogens is 495 g/mol. The maximum atomic E-state index is 13.2. The molecule has 0 spiro atoms. The number of nitrogens with zero attached hydrogens (tertiary/aromatic N) is 4. The van der Waals surface area contributed by atoms with Gasteiger partial charge in [-0.25, -0.2) is 9.37 Å². The van der Waals surface area contributed by atoms with Crippen molar-refractivity contribution < 1.29 is 9.18 Å². The molecular formula is C26H25FN6OS2. The van der Waals surface area contributed by atoms with Gasteiger partial charge in [-0.15, -0.1) is 11.3 Å². The first-order valence-corrected chi connectivity index (χ1v) is 12.8. The van der Waals surface area contributed by atoms with E-state index in [-0.39, 0.29) is 30.2 Å². The fourth-order valence-electron chi connectivity index (χ4n) is 4.67. The van der Waals surface area contributed by atoms with Gasteiger partial charge in [-0.1, -0.05) is 6.07 Å². The highest BCUT2D eigenvalue weighted by atomic mass is 32.1. The van der Waals surface area contributed by atoms with Gasteiger partial charge >= 0.3 is 0 Å². The molecule has 5 rings (SSSR count). The second kappa shape index (κ2) is 10.2. The Kier molecular flexibility index (Phi) is 6.80. The predicted molar refractivity (Wildman–Crippen MR) is 143 cm³/mol. The molecule has 1 aliphatic heterocycles. The van der Waals surface area contributed by atoms with E-state index in [1.54, 1.807) is 35.9 Å². The number of carbonyl (C=O) groups is 1. The average molecular weight is 521 g/mol. The number of aryl methyl sites for hydroxylation is 1. The highest BCUT2D eigenvalue weighted by molar-refractivity contribution is 7.80. The molecule has 36 heavy (non-hydrogen) atoms. The molecule has 0 aliphatic carbocycles. The lowest BCUT2D eigenvalue weighted by atomic mass is 9.96. The Labute approximate surface area is 218 Å². The van der Waals surface area contributed by atoms with E-state index in [1.807, 2.05) is 23.6 Å². The minimum atomic E-state index is -0.347. The Hall–Kier alpha value is -3.63. The summed E-state index contributed by atoms with van der Waals surface area (Å²) in [6.45, 7) is 4.56. The molecule has 184 valence electrons. The summed E-state index contributed by atoms with van der Waals surface area (Å²) in [6.07, 6.45) is 3.79. The fourth-order valence-corrected chi connectivity index (χ4v) is 5.75. The second-order valence-electron chi connectivity index (χ2n) is 8.60. The molecule has 2 atom stereocenters. The summed E-state index contributed by atoms with van der Waals surface area (Å²) < 4.78 is 15.4. The van der Waals surface area contributed by atoms with Crippen LogP contribution < -0.4 is 10.6 Å². The number of hydrogen-bond donors (Lipinski definition) is 2. The van der Waals surface area contributed by atoms with Gasteiger partial charge in [0.05, 0.1) is 17.8 Å². The van der Waals surface area contributed by atoms with Crippen LogP contribution in [-0.4, -0.2) is 37.0 Å². The van der Waals surface area contributed by atoms with Gasteiger partial charge in [0.15, 0.2) is 10.2 Å². The van der Waals surface area contributed by atoms with E-state index in [0.29, 0.717) is 17.3 Å². The Bertz CT molecular complexity index is 1370. The molecule has 10 heteroatoms. The van der Waals surface area contributed by atoms with Crippen molar-refractivity contribution in [3.05, 3.63) is 94.8 Å². The number of aromatic nitrogens is 3. The van der Waals surface area contributed by atoms with E-state index in [1.165, 1.54) is 12.1 Å². The zero-order valence-electron chi connectivity index (χ0n) is 19.8. The Morgan fingerprint density at radius 2 is 1.97 bits per heavy atom. The molecule has 1 saturated heterocycles. The number of halogens is 1. The van der Waals surface area contributed by atoms with Gasteiger partial charge in [0.2, 0.25) is 5.91 Å². The summed E-state index contributed by atoms with van der Waals surface area (Å²) in [6, 6.07) is 13.4. The third-order valence-electron chi connectivity index (χ3n) is 6.31. The maximum absolute atomic E-state index is 13.2. The first-order chi connectivity index (χ1) is 17.4. The van der Waals surface area contributed by atoms with Crippen molar-refractivity contribution in [2.24, 2.45) is 0 Å². The third kappa shape index (κ3) is 4.74. The van der Waals surface area contributed by atoms with Crippen molar-refractivity contribution in [1.82, 2.24) is 24.8 Å². The molecule has 2 N–H and O–H groups in total. The normalized spacial score (nSPS) is 17.3. The van der Waals surface area contributed by atoms with E-state index in [4.69, 9.17) is 12.2 Å². The molecule has 0 unspecified atom stereocenters. The standard InChI is InChI=1S/C26H25FN6OS2/c1-16-15-20(17(2)33(16)26-29-12-14-36-26)24-23(21-5-3-4-11-28-21)31-25(35)32(24)13-10-22(34)30-19-8-6-18(27)7-9-19/h3-9,11-12,14-15,23-24H,10,13H2,1-2H3,(H,30,34)(H,31,35)/t23-,24-/m1/s1.